The Hall–Kier alpha value is 0.0900. The molecule has 3 heteroatoms. The zero-order chi connectivity index (χ0) is 9.97. The number of benzene rings is 1. The Bertz CT molecular complexity index is 454. The first-order chi connectivity index (χ1) is 6.85. The number of alkyl halides is 2. The molecule has 0 bridgehead atoms. The van der Waals surface area contributed by atoms with Gasteiger partial charge in [-0.2, -0.15) is 0 Å². The molecular weight excluding hydrogens is 400 g/mol. The summed E-state index contributed by atoms with van der Waals surface area (Å²) in [5, 5.41) is 2.59. The molecule has 1 heterocycles. The summed E-state index contributed by atoms with van der Waals surface area (Å²) in [6.07, 6.45) is 0. The molecule has 72 valence electrons. The standard InChI is InChI=1S/C11H9I2N/c12-6-9-5-8-3-1-2-4-10(8)11(7-13)14-9/h1-5H,6-7H2. The molecular formula is C11H9I2N. The summed E-state index contributed by atoms with van der Waals surface area (Å²) in [6.45, 7) is 0. The van der Waals surface area contributed by atoms with Crippen LogP contribution in [0.5, 0.6) is 0 Å². The lowest BCUT2D eigenvalue weighted by molar-refractivity contribution is 1.14. The van der Waals surface area contributed by atoms with Crippen molar-refractivity contribution in [2.24, 2.45) is 0 Å². The average molecular weight is 409 g/mol. The molecule has 1 aromatic carbocycles. The van der Waals surface area contributed by atoms with E-state index in [2.05, 4.69) is 80.5 Å². The molecule has 2 rings (SSSR count). The van der Waals surface area contributed by atoms with Crippen molar-refractivity contribution in [3.63, 3.8) is 0 Å². The van der Waals surface area contributed by atoms with E-state index in [1.807, 2.05) is 0 Å². The van der Waals surface area contributed by atoms with Crippen molar-refractivity contribution < 1.29 is 0 Å². The molecule has 0 saturated heterocycles. The van der Waals surface area contributed by atoms with Crippen LogP contribution in [0.3, 0.4) is 0 Å². The Morgan fingerprint density at radius 2 is 1.86 bits per heavy atom. The molecule has 0 unspecified atom stereocenters. The van der Waals surface area contributed by atoms with Crippen molar-refractivity contribution in [3.8, 4) is 0 Å². The summed E-state index contributed by atoms with van der Waals surface area (Å²) < 4.78 is 1.95. The Balaban J connectivity index is 2.73. The lowest BCUT2D eigenvalue weighted by Crippen LogP contribution is -1.92. The average Bonchev–Trinajstić information content (AvgIpc) is 2.27. The van der Waals surface area contributed by atoms with Gasteiger partial charge in [0.1, 0.15) is 0 Å². The molecule has 1 aromatic heterocycles. The lowest BCUT2D eigenvalue weighted by atomic mass is 10.1. The fourth-order valence-electron chi connectivity index (χ4n) is 1.50. The van der Waals surface area contributed by atoms with E-state index in [9.17, 15) is 0 Å². The molecule has 0 fully saturated rings. The van der Waals surface area contributed by atoms with Crippen LogP contribution in [-0.2, 0) is 8.86 Å². The summed E-state index contributed by atoms with van der Waals surface area (Å²) in [5.74, 6) is 0. The Labute approximate surface area is 111 Å². The second-order valence-electron chi connectivity index (χ2n) is 3.05. The summed E-state index contributed by atoms with van der Waals surface area (Å²) in [4.78, 5) is 4.62. The van der Waals surface area contributed by atoms with Gasteiger partial charge in [0.05, 0.1) is 11.4 Å². The van der Waals surface area contributed by atoms with E-state index < -0.39 is 0 Å². The number of halogens is 2. The van der Waals surface area contributed by atoms with E-state index in [1.165, 1.54) is 22.2 Å². The van der Waals surface area contributed by atoms with Gasteiger partial charge in [0.2, 0.25) is 0 Å². The van der Waals surface area contributed by atoms with Gasteiger partial charge in [0.15, 0.2) is 0 Å². The second kappa shape index (κ2) is 4.74. The van der Waals surface area contributed by atoms with Crippen LogP contribution in [0.25, 0.3) is 10.8 Å². The highest BCUT2D eigenvalue weighted by molar-refractivity contribution is 14.1. The maximum Gasteiger partial charge on any atom is 0.0582 e. The van der Waals surface area contributed by atoms with E-state index in [0.717, 1.165) is 8.86 Å². The van der Waals surface area contributed by atoms with Gasteiger partial charge in [-0.05, 0) is 11.5 Å². The first kappa shape index (κ1) is 10.6. The van der Waals surface area contributed by atoms with E-state index in [4.69, 9.17) is 0 Å². The number of hydrogen-bond donors (Lipinski definition) is 0. The molecule has 0 atom stereocenters. The Morgan fingerprint density at radius 3 is 2.57 bits per heavy atom. The molecule has 0 N–H and O–H groups in total. The first-order valence-electron chi connectivity index (χ1n) is 4.34. The van der Waals surface area contributed by atoms with Crippen LogP contribution in [0.15, 0.2) is 30.3 Å². The van der Waals surface area contributed by atoms with Crippen LogP contribution in [0.1, 0.15) is 11.4 Å². The summed E-state index contributed by atoms with van der Waals surface area (Å²) in [6, 6.07) is 10.6. The largest absolute Gasteiger partial charge is 0.256 e. The highest BCUT2D eigenvalue weighted by Gasteiger charge is 2.03. The minimum absolute atomic E-state index is 0.975. The minimum atomic E-state index is 0.975. The minimum Gasteiger partial charge on any atom is -0.256 e. The van der Waals surface area contributed by atoms with Crippen LogP contribution in [0, 0.1) is 0 Å². The molecule has 0 aliphatic heterocycles. The Morgan fingerprint density at radius 1 is 1.07 bits per heavy atom. The maximum absolute atomic E-state index is 4.62. The quantitative estimate of drug-likeness (QED) is 0.538. The van der Waals surface area contributed by atoms with Gasteiger partial charge in [-0.15, -0.1) is 0 Å². The number of aromatic nitrogens is 1. The van der Waals surface area contributed by atoms with Crippen LogP contribution >= 0.6 is 45.2 Å². The number of nitrogens with zero attached hydrogens (tertiary/aromatic N) is 1. The van der Waals surface area contributed by atoms with Gasteiger partial charge in [-0.1, -0.05) is 69.4 Å². The highest BCUT2D eigenvalue weighted by Crippen LogP contribution is 2.21. The van der Waals surface area contributed by atoms with Gasteiger partial charge in [0, 0.05) is 14.2 Å². The molecule has 0 radical (unpaired) electrons. The van der Waals surface area contributed by atoms with E-state index >= 15 is 0 Å². The summed E-state index contributed by atoms with van der Waals surface area (Å²) in [5.41, 5.74) is 2.38. The van der Waals surface area contributed by atoms with Gasteiger partial charge < -0.3 is 0 Å². The van der Waals surface area contributed by atoms with Crippen LogP contribution < -0.4 is 0 Å². The zero-order valence-electron chi connectivity index (χ0n) is 7.50. The molecule has 0 aliphatic carbocycles. The third-order valence-corrected chi connectivity index (χ3v) is 3.64. The molecule has 0 amide bonds. The number of fused-ring (bicyclic) bond motifs is 1. The van der Waals surface area contributed by atoms with Gasteiger partial charge in [-0.3, -0.25) is 4.98 Å². The van der Waals surface area contributed by atoms with Crippen molar-refractivity contribution in [2.75, 3.05) is 0 Å². The second-order valence-corrected chi connectivity index (χ2v) is 4.57. The normalized spacial score (nSPS) is 10.7. The van der Waals surface area contributed by atoms with Crippen molar-refractivity contribution in [1.82, 2.24) is 4.98 Å². The van der Waals surface area contributed by atoms with Gasteiger partial charge in [0.25, 0.3) is 0 Å². The molecule has 0 saturated carbocycles. The van der Waals surface area contributed by atoms with Crippen LogP contribution in [-0.4, -0.2) is 4.98 Å². The van der Waals surface area contributed by atoms with Gasteiger partial charge >= 0.3 is 0 Å². The van der Waals surface area contributed by atoms with E-state index in [-0.39, 0.29) is 0 Å². The maximum atomic E-state index is 4.62. The number of hydrogen-bond acceptors (Lipinski definition) is 1. The summed E-state index contributed by atoms with van der Waals surface area (Å²) in [7, 11) is 0. The molecule has 2 aromatic rings. The third kappa shape index (κ3) is 2.03. The summed E-state index contributed by atoms with van der Waals surface area (Å²) >= 11 is 4.72. The smallest absolute Gasteiger partial charge is 0.0582 e. The van der Waals surface area contributed by atoms with Crippen LogP contribution in [0.4, 0.5) is 0 Å². The van der Waals surface area contributed by atoms with Crippen molar-refractivity contribution in [3.05, 3.63) is 41.7 Å². The van der Waals surface area contributed by atoms with E-state index in [1.54, 1.807) is 0 Å². The van der Waals surface area contributed by atoms with Crippen molar-refractivity contribution >= 4 is 56.0 Å². The van der Waals surface area contributed by atoms with Crippen molar-refractivity contribution in [2.45, 2.75) is 8.86 Å². The predicted octanol–water partition coefficient (Wildman–Crippen LogP) is 4.10. The zero-order valence-corrected chi connectivity index (χ0v) is 11.8. The predicted molar refractivity (Wildman–Crippen MR) is 77.2 cm³/mol. The SMILES string of the molecule is ICc1cc2ccccc2c(CI)n1. The van der Waals surface area contributed by atoms with Crippen LogP contribution in [0.2, 0.25) is 0 Å². The fourth-order valence-corrected chi connectivity index (χ4v) is 2.47. The first-order valence-corrected chi connectivity index (χ1v) is 7.39. The van der Waals surface area contributed by atoms with Gasteiger partial charge in [-0.25, -0.2) is 0 Å². The molecule has 1 nitrogen and oxygen atoms in total. The van der Waals surface area contributed by atoms with Crippen molar-refractivity contribution in [1.29, 1.82) is 0 Å². The Kier molecular flexibility index (Phi) is 3.59. The third-order valence-electron chi connectivity index (χ3n) is 2.14. The number of pyridine rings is 1. The lowest BCUT2D eigenvalue weighted by Gasteiger charge is -2.05. The highest BCUT2D eigenvalue weighted by atomic mass is 127. The molecule has 0 aliphatic rings. The molecule has 14 heavy (non-hydrogen) atoms. The van der Waals surface area contributed by atoms with E-state index in [0.29, 0.717) is 0 Å². The fraction of sp³-hybridized carbons (Fsp3) is 0.182. The molecule has 0 spiro atoms. The topological polar surface area (TPSA) is 12.9 Å². The monoisotopic (exact) mass is 409 g/mol. The number of rotatable bonds is 2.